The molecule has 5 N–H and O–H groups in total. The molecule has 256 valence electrons. The second-order valence-electron chi connectivity index (χ2n) is 15.2. The van der Waals surface area contributed by atoms with E-state index in [0.717, 1.165) is 38.5 Å². The molecule has 0 radical (unpaired) electrons. The van der Waals surface area contributed by atoms with Crippen molar-refractivity contribution in [2.75, 3.05) is 12.3 Å². The number of aliphatic carboxylic acids is 3. The molecule has 0 bridgehead atoms. The number of hydrogen-bond acceptors (Lipinski definition) is 7. The smallest absolute Gasteiger partial charge is 0.307 e. The molecular formula is C33H53O11P. The van der Waals surface area contributed by atoms with Crippen molar-refractivity contribution >= 4 is 31.2 Å². The van der Waals surface area contributed by atoms with E-state index in [9.17, 15) is 44.0 Å². The fourth-order valence-corrected chi connectivity index (χ4v) is 12.1. The van der Waals surface area contributed by atoms with Crippen molar-refractivity contribution in [3.05, 3.63) is 0 Å². The molecule has 4 rings (SSSR count). The van der Waals surface area contributed by atoms with Crippen LogP contribution in [0.1, 0.15) is 104 Å². The lowest BCUT2D eigenvalue weighted by Crippen LogP contribution is -2.59. The SMILES string of the molecule is C[C@H](CCC(=O)O)[C@H]1CCC2C3CCC4C[C@H](OC(=O)CCP(=O)(O)CC(CCC(=O)O)C(=O)O)CC[C@]4(C)C3C[C@H](O)[C@@]21C. The van der Waals surface area contributed by atoms with Crippen LogP contribution in [0.2, 0.25) is 0 Å². The normalized spacial score (nSPS) is 38.5. The minimum Gasteiger partial charge on any atom is -0.481 e. The van der Waals surface area contributed by atoms with E-state index in [4.69, 9.17) is 9.84 Å². The average Bonchev–Trinajstić information content (AvgIpc) is 3.32. The van der Waals surface area contributed by atoms with Gasteiger partial charge in [0.25, 0.3) is 0 Å². The molecule has 4 aliphatic rings. The number of carboxylic acid groups (broad SMARTS) is 3. The molecule has 4 fully saturated rings. The number of aliphatic hydroxyl groups is 1. The number of rotatable bonds is 14. The van der Waals surface area contributed by atoms with E-state index < -0.39 is 62.0 Å². The van der Waals surface area contributed by atoms with Gasteiger partial charge in [0, 0.05) is 25.2 Å². The Morgan fingerprint density at radius 1 is 0.889 bits per heavy atom. The summed E-state index contributed by atoms with van der Waals surface area (Å²) in [6.45, 7) is 6.74. The zero-order valence-electron chi connectivity index (χ0n) is 26.9. The van der Waals surface area contributed by atoms with Gasteiger partial charge in [-0.25, -0.2) is 0 Å². The molecule has 0 aromatic carbocycles. The van der Waals surface area contributed by atoms with Crippen LogP contribution in [-0.2, 0) is 28.5 Å². The first kappa shape index (κ1) is 35.9. The van der Waals surface area contributed by atoms with Crippen molar-refractivity contribution < 1.29 is 53.8 Å². The van der Waals surface area contributed by atoms with Crippen LogP contribution in [0.3, 0.4) is 0 Å². The highest BCUT2D eigenvalue weighted by Crippen LogP contribution is 2.68. The number of carboxylic acids is 3. The van der Waals surface area contributed by atoms with Gasteiger partial charge in [-0.05, 0) is 111 Å². The van der Waals surface area contributed by atoms with Gasteiger partial charge >= 0.3 is 23.9 Å². The van der Waals surface area contributed by atoms with E-state index in [1.54, 1.807) is 0 Å². The Morgan fingerprint density at radius 3 is 2.20 bits per heavy atom. The molecule has 0 heterocycles. The molecule has 0 aromatic heterocycles. The van der Waals surface area contributed by atoms with E-state index in [0.29, 0.717) is 48.9 Å². The van der Waals surface area contributed by atoms with Crippen LogP contribution >= 0.6 is 7.37 Å². The summed E-state index contributed by atoms with van der Waals surface area (Å²) in [4.78, 5) is 56.5. The summed E-state index contributed by atoms with van der Waals surface area (Å²) in [5, 5.41) is 39.1. The zero-order valence-corrected chi connectivity index (χ0v) is 27.8. The molecule has 12 heteroatoms. The third-order valence-electron chi connectivity index (χ3n) is 12.8. The highest BCUT2D eigenvalue weighted by Gasteiger charge is 2.63. The number of carbonyl (C=O) groups excluding carboxylic acids is 1. The van der Waals surface area contributed by atoms with Crippen molar-refractivity contribution in [2.45, 2.75) is 116 Å². The van der Waals surface area contributed by atoms with Crippen LogP contribution in [0, 0.1) is 52.3 Å². The lowest BCUT2D eigenvalue weighted by molar-refractivity contribution is -0.181. The van der Waals surface area contributed by atoms with Crippen LogP contribution < -0.4 is 0 Å². The van der Waals surface area contributed by atoms with Gasteiger partial charge in [-0.1, -0.05) is 20.8 Å². The molecular weight excluding hydrogens is 603 g/mol. The maximum atomic E-state index is 12.7. The first-order valence-electron chi connectivity index (χ1n) is 16.8. The number of aliphatic hydroxyl groups excluding tert-OH is 1. The molecule has 0 aliphatic heterocycles. The summed E-state index contributed by atoms with van der Waals surface area (Å²) in [5.41, 5.74) is -0.189. The molecule has 0 aromatic rings. The third-order valence-corrected chi connectivity index (χ3v) is 14.8. The largest absolute Gasteiger partial charge is 0.481 e. The molecule has 45 heavy (non-hydrogen) atoms. The summed E-state index contributed by atoms with van der Waals surface area (Å²) in [7, 11) is -3.98. The topological polar surface area (TPSA) is 196 Å². The Kier molecular flexibility index (Phi) is 11.2. The summed E-state index contributed by atoms with van der Waals surface area (Å²) < 4.78 is 18.5. The molecule has 0 amide bonds. The monoisotopic (exact) mass is 656 g/mol. The number of fused-ring (bicyclic) bond motifs is 5. The standard InChI is InChI=1S/C33H53O11P/c1-19(4-10-28(35)36)24-8-9-25-23-7-6-21-16-22(12-14-32(21,2)26(23)17-27(34)33(24,25)3)44-30(39)13-15-45(42,43)18-20(31(40)41)5-11-29(37)38/h19-27,34H,4-18H2,1-3H3,(H,35,36)(H,37,38)(H,40,41)(H,42,43)/t19-,20?,21?,22-,23?,24-,25?,26?,27+,32+,33-/m1/s1. The second-order valence-corrected chi connectivity index (χ2v) is 17.7. The second kappa shape index (κ2) is 14.0. The van der Waals surface area contributed by atoms with Crippen LogP contribution in [0.4, 0.5) is 0 Å². The molecule has 4 aliphatic carbocycles. The van der Waals surface area contributed by atoms with Gasteiger partial charge in [-0.3, -0.25) is 23.7 Å². The Morgan fingerprint density at radius 2 is 1.56 bits per heavy atom. The first-order chi connectivity index (χ1) is 21.0. The summed E-state index contributed by atoms with van der Waals surface area (Å²) in [6, 6.07) is 0. The average molecular weight is 657 g/mol. The van der Waals surface area contributed by atoms with E-state index in [1.807, 2.05) is 0 Å². The zero-order chi connectivity index (χ0) is 33.3. The Labute approximate surface area is 266 Å². The number of esters is 1. The van der Waals surface area contributed by atoms with Crippen LogP contribution in [-0.4, -0.2) is 73.7 Å². The molecule has 12 atom stereocenters. The van der Waals surface area contributed by atoms with Crippen LogP contribution in [0.15, 0.2) is 0 Å². The summed E-state index contributed by atoms with van der Waals surface area (Å²) in [5.74, 6) is -2.95. The van der Waals surface area contributed by atoms with Gasteiger partial charge < -0.3 is 30.1 Å². The van der Waals surface area contributed by atoms with E-state index in [2.05, 4.69) is 20.8 Å². The van der Waals surface area contributed by atoms with Gasteiger partial charge in [0.15, 0.2) is 0 Å². The lowest BCUT2D eigenvalue weighted by Gasteiger charge is -2.62. The Bertz CT molecular complexity index is 1170. The van der Waals surface area contributed by atoms with Gasteiger partial charge in [-0.2, -0.15) is 0 Å². The Balaban J connectivity index is 1.32. The van der Waals surface area contributed by atoms with E-state index in [1.165, 1.54) is 0 Å². The lowest BCUT2D eigenvalue weighted by atomic mass is 9.43. The fraction of sp³-hybridized carbons (Fsp3) is 0.879. The van der Waals surface area contributed by atoms with Crippen molar-refractivity contribution in [1.29, 1.82) is 0 Å². The fourth-order valence-electron chi connectivity index (χ4n) is 10.3. The predicted molar refractivity (Wildman–Crippen MR) is 165 cm³/mol. The molecule has 0 spiro atoms. The number of ether oxygens (including phenoxy) is 1. The van der Waals surface area contributed by atoms with E-state index in [-0.39, 0.29) is 42.1 Å². The van der Waals surface area contributed by atoms with Crippen LogP contribution in [0.25, 0.3) is 0 Å². The maximum Gasteiger partial charge on any atom is 0.307 e. The number of carbonyl (C=O) groups is 4. The van der Waals surface area contributed by atoms with Gasteiger partial charge in [0.1, 0.15) is 6.10 Å². The minimum absolute atomic E-state index is 0.0176. The highest BCUT2D eigenvalue weighted by atomic mass is 31.2. The third kappa shape index (κ3) is 7.78. The van der Waals surface area contributed by atoms with Gasteiger partial charge in [0.05, 0.1) is 18.4 Å². The minimum atomic E-state index is -3.98. The molecule has 6 unspecified atom stereocenters. The molecule has 0 saturated heterocycles. The number of hydrogen-bond donors (Lipinski definition) is 5. The predicted octanol–water partition coefficient (Wildman–Crippen LogP) is 5.25. The maximum absolute atomic E-state index is 12.7. The summed E-state index contributed by atoms with van der Waals surface area (Å²) >= 11 is 0. The van der Waals surface area contributed by atoms with Gasteiger partial charge in [0.2, 0.25) is 7.37 Å². The molecule has 11 nitrogen and oxygen atoms in total. The van der Waals surface area contributed by atoms with Gasteiger partial charge in [-0.15, -0.1) is 0 Å². The van der Waals surface area contributed by atoms with Crippen molar-refractivity contribution in [3.63, 3.8) is 0 Å². The van der Waals surface area contributed by atoms with E-state index >= 15 is 0 Å². The first-order valence-corrected chi connectivity index (χ1v) is 18.9. The van der Waals surface area contributed by atoms with Crippen molar-refractivity contribution in [2.24, 2.45) is 52.3 Å². The highest BCUT2D eigenvalue weighted by molar-refractivity contribution is 7.58. The van der Waals surface area contributed by atoms with Crippen molar-refractivity contribution in [1.82, 2.24) is 0 Å². The summed E-state index contributed by atoms with van der Waals surface area (Å²) in [6.07, 6.45) is 5.28. The molecule has 4 saturated carbocycles. The Hall–Kier alpha value is -1.97. The quantitative estimate of drug-likeness (QED) is 0.121. The van der Waals surface area contributed by atoms with Crippen molar-refractivity contribution in [3.8, 4) is 0 Å². The van der Waals surface area contributed by atoms with Crippen LogP contribution in [0.5, 0.6) is 0 Å².